The molecule has 1 aromatic carbocycles. The number of likely N-dealkylation sites (N-methyl/N-ethyl adjacent to an activating group) is 1. The molecule has 1 N–H and O–H groups in total. The minimum Gasteiger partial charge on any atom is -0.496 e. The molecule has 0 bridgehead atoms. The van der Waals surface area contributed by atoms with E-state index >= 15 is 0 Å². The van der Waals surface area contributed by atoms with Gasteiger partial charge in [0.05, 0.1) is 26.9 Å². The molecule has 0 fully saturated rings. The molecule has 6 heteroatoms. The molecule has 100 valence electrons. The zero-order chi connectivity index (χ0) is 13.7. The van der Waals surface area contributed by atoms with Gasteiger partial charge in [-0.2, -0.15) is 0 Å². The Balaban J connectivity index is 3.35. The Morgan fingerprint density at radius 2 is 1.67 bits per heavy atom. The molecule has 0 aromatic heterocycles. The molecule has 0 radical (unpaired) electrons. The maximum absolute atomic E-state index is 11.6. The van der Waals surface area contributed by atoms with Crippen LogP contribution in [0.2, 0.25) is 0 Å². The van der Waals surface area contributed by atoms with Crippen LogP contribution < -0.4 is 19.5 Å². The van der Waals surface area contributed by atoms with Crippen molar-refractivity contribution in [2.24, 2.45) is 0 Å². The number of hydrogen-bond donors (Lipinski definition) is 1. The van der Waals surface area contributed by atoms with Crippen molar-refractivity contribution in [2.45, 2.75) is 5.38 Å². The van der Waals surface area contributed by atoms with Crippen LogP contribution in [0, 0.1) is 0 Å². The van der Waals surface area contributed by atoms with Gasteiger partial charge in [0.1, 0.15) is 22.6 Å². The highest BCUT2D eigenvalue weighted by Gasteiger charge is 2.25. The van der Waals surface area contributed by atoms with Crippen molar-refractivity contribution in [3.8, 4) is 17.2 Å². The molecular weight excluding hydrogens is 258 g/mol. The van der Waals surface area contributed by atoms with Gasteiger partial charge in [-0.25, -0.2) is 0 Å². The van der Waals surface area contributed by atoms with Crippen LogP contribution in [-0.4, -0.2) is 34.3 Å². The topological polar surface area (TPSA) is 56.8 Å². The van der Waals surface area contributed by atoms with Crippen molar-refractivity contribution in [1.29, 1.82) is 0 Å². The molecule has 1 amide bonds. The molecule has 18 heavy (non-hydrogen) atoms. The van der Waals surface area contributed by atoms with Gasteiger partial charge in [0.2, 0.25) is 5.91 Å². The number of hydrogen-bond acceptors (Lipinski definition) is 4. The Morgan fingerprint density at radius 1 is 1.17 bits per heavy atom. The first-order valence-corrected chi connectivity index (χ1v) is 5.68. The standard InChI is InChI=1S/C12H16ClNO4/c1-14-12(15)11(13)10-8(17-3)5-7(16-2)6-9(10)18-4/h5-6,11H,1-4H3,(H,14,15). The minimum atomic E-state index is -0.897. The largest absolute Gasteiger partial charge is 0.496 e. The van der Waals surface area contributed by atoms with Gasteiger partial charge in [0, 0.05) is 19.2 Å². The van der Waals surface area contributed by atoms with Gasteiger partial charge < -0.3 is 19.5 Å². The second kappa shape index (κ2) is 6.35. The number of benzene rings is 1. The van der Waals surface area contributed by atoms with E-state index in [0.29, 0.717) is 22.8 Å². The van der Waals surface area contributed by atoms with Crippen molar-refractivity contribution >= 4 is 17.5 Å². The summed E-state index contributed by atoms with van der Waals surface area (Å²) in [5, 5.41) is 1.58. The molecule has 1 rings (SSSR count). The molecule has 0 aliphatic heterocycles. The summed E-state index contributed by atoms with van der Waals surface area (Å²) in [6, 6.07) is 3.30. The third-order valence-electron chi connectivity index (χ3n) is 2.48. The van der Waals surface area contributed by atoms with E-state index in [2.05, 4.69) is 5.32 Å². The van der Waals surface area contributed by atoms with Gasteiger partial charge in [-0.1, -0.05) is 0 Å². The summed E-state index contributed by atoms with van der Waals surface area (Å²) < 4.78 is 15.6. The Morgan fingerprint density at radius 3 is 2.00 bits per heavy atom. The zero-order valence-corrected chi connectivity index (χ0v) is 11.5. The number of alkyl halides is 1. The van der Waals surface area contributed by atoms with Crippen LogP contribution in [0.5, 0.6) is 17.2 Å². The van der Waals surface area contributed by atoms with Gasteiger partial charge in [-0.15, -0.1) is 11.6 Å². The van der Waals surface area contributed by atoms with E-state index in [0.717, 1.165) is 0 Å². The van der Waals surface area contributed by atoms with Crippen molar-refractivity contribution in [3.05, 3.63) is 17.7 Å². The Bertz CT molecular complexity index is 411. The van der Waals surface area contributed by atoms with Crippen LogP contribution in [0.4, 0.5) is 0 Å². The van der Waals surface area contributed by atoms with E-state index in [1.54, 1.807) is 12.1 Å². The monoisotopic (exact) mass is 273 g/mol. The number of amides is 1. The second-order valence-corrected chi connectivity index (χ2v) is 3.86. The number of halogens is 1. The molecule has 0 heterocycles. The van der Waals surface area contributed by atoms with Crippen molar-refractivity contribution < 1.29 is 19.0 Å². The molecule has 0 saturated heterocycles. The average molecular weight is 274 g/mol. The maximum atomic E-state index is 11.6. The van der Waals surface area contributed by atoms with E-state index in [1.807, 2.05) is 0 Å². The third kappa shape index (κ3) is 2.79. The van der Waals surface area contributed by atoms with Crippen LogP contribution in [-0.2, 0) is 4.79 Å². The maximum Gasteiger partial charge on any atom is 0.242 e. The molecule has 1 atom stereocenters. The highest BCUT2D eigenvalue weighted by atomic mass is 35.5. The first-order chi connectivity index (χ1) is 8.58. The van der Waals surface area contributed by atoms with E-state index < -0.39 is 5.38 Å². The fourth-order valence-electron chi connectivity index (χ4n) is 1.54. The molecule has 1 unspecified atom stereocenters. The van der Waals surface area contributed by atoms with Crippen LogP contribution in [0.15, 0.2) is 12.1 Å². The quantitative estimate of drug-likeness (QED) is 0.830. The zero-order valence-electron chi connectivity index (χ0n) is 10.7. The summed E-state index contributed by atoms with van der Waals surface area (Å²) in [4.78, 5) is 11.6. The highest BCUT2D eigenvalue weighted by molar-refractivity contribution is 6.31. The second-order valence-electron chi connectivity index (χ2n) is 3.42. The third-order valence-corrected chi connectivity index (χ3v) is 2.90. The summed E-state index contributed by atoms with van der Waals surface area (Å²) in [7, 11) is 6.03. The van der Waals surface area contributed by atoms with Gasteiger partial charge in [-0.3, -0.25) is 4.79 Å². The molecule has 0 aliphatic carbocycles. The van der Waals surface area contributed by atoms with Crippen molar-refractivity contribution in [3.63, 3.8) is 0 Å². The Kier molecular flexibility index (Phi) is 5.09. The lowest BCUT2D eigenvalue weighted by molar-refractivity contribution is -0.120. The van der Waals surface area contributed by atoms with Gasteiger partial charge in [-0.05, 0) is 0 Å². The predicted molar refractivity (Wildman–Crippen MR) is 68.8 cm³/mol. The first-order valence-electron chi connectivity index (χ1n) is 5.24. The number of ether oxygens (including phenoxy) is 3. The fraction of sp³-hybridized carbons (Fsp3) is 0.417. The van der Waals surface area contributed by atoms with Crippen LogP contribution in [0.3, 0.4) is 0 Å². The fourth-order valence-corrected chi connectivity index (χ4v) is 1.86. The predicted octanol–water partition coefficient (Wildman–Crippen LogP) is 1.74. The molecule has 0 spiro atoms. The number of methoxy groups -OCH3 is 3. The van der Waals surface area contributed by atoms with Crippen LogP contribution >= 0.6 is 11.6 Å². The summed E-state index contributed by atoms with van der Waals surface area (Å²) in [6.07, 6.45) is 0. The van der Waals surface area contributed by atoms with Gasteiger partial charge >= 0.3 is 0 Å². The molecular formula is C12H16ClNO4. The average Bonchev–Trinajstić information content (AvgIpc) is 2.43. The molecule has 0 saturated carbocycles. The van der Waals surface area contributed by atoms with E-state index in [9.17, 15) is 4.79 Å². The smallest absolute Gasteiger partial charge is 0.242 e. The number of carbonyl (C=O) groups is 1. The minimum absolute atomic E-state index is 0.335. The normalized spacial score (nSPS) is 11.6. The van der Waals surface area contributed by atoms with Gasteiger partial charge in [0.15, 0.2) is 0 Å². The summed E-state index contributed by atoms with van der Waals surface area (Å²) in [5.74, 6) is 1.11. The van der Waals surface area contributed by atoms with Crippen molar-refractivity contribution in [2.75, 3.05) is 28.4 Å². The lowest BCUT2D eigenvalue weighted by Gasteiger charge is -2.17. The number of nitrogens with one attached hydrogen (secondary N) is 1. The molecule has 1 aromatic rings. The number of rotatable bonds is 5. The number of carbonyl (C=O) groups excluding carboxylic acids is 1. The first kappa shape index (κ1) is 14.4. The highest BCUT2D eigenvalue weighted by Crippen LogP contribution is 2.40. The summed E-state index contributed by atoms with van der Waals surface area (Å²) in [5.41, 5.74) is 0.474. The van der Waals surface area contributed by atoms with Crippen LogP contribution in [0.1, 0.15) is 10.9 Å². The van der Waals surface area contributed by atoms with Crippen LogP contribution in [0.25, 0.3) is 0 Å². The summed E-state index contributed by atoms with van der Waals surface area (Å²) >= 11 is 6.11. The van der Waals surface area contributed by atoms with Crippen molar-refractivity contribution in [1.82, 2.24) is 5.32 Å². The Labute approximate surface area is 111 Å². The molecule has 5 nitrogen and oxygen atoms in total. The lowest BCUT2D eigenvalue weighted by atomic mass is 10.1. The van der Waals surface area contributed by atoms with Gasteiger partial charge in [0.25, 0.3) is 0 Å². The Hall–Kier alpha value is -1.62. The van der Waals surface area contributed by atoms with E-state index in [4.69, 9.17) is 25.8 Å². The molecule has 0 aliphatic rings. The lowest BCUT2D eigenvalue weighted by Crippen LogP contribution is -2.23. The SMILES string of the molecule is CNC(=O)C(Cl)c1c(OC)cc(OC)cc1OC. The van der Waals surface area contributed by atoms with E-state index in [1.165, 1.54) is 28.4 Å². The van der Waals surface area contributed by atoms with E-state index in [-0.39, 0.29) is 5.91 Å². The summed E-state index contributed by atoms with van der Waals surface area (Å²) in [6.45, 7) is 0.